The topological polar surface area (TPSA) is 72.9 Å². The normalized spacial score (nSPS) is 24.6. The summed E-state index contributed by atoms with van der Waals surface area (Å²) < 4.78 is 1.59. The highest BCUT2D eigenvalue weighted by atomic mass is 16.2. The lowest BCUT2D eigenvalue weighted by Gasteiger charge is -2.26. The Morgan fingerprint density at radius 3 is 3.12 bits per heavy atom. The van der Waals surface area contributed by atoms with E-state index >= 15 is 0 Å². The SMILES string of the molecule is Cn1nccc1C(=O)NCC1CCCC(N)C1. The van der Waals surface area contributed by atoms with Crippen LogP contribution in [0.3, 0.4) is 0 Å². The fourth-order valence-electron chi connectivity index (χ4n) is 2.44. The Bertz CT molecular complexity index is 388. The third-order valence-corrected chi connectivity index (χ3v) is 3.43. The lowest BCUT2D eigenvalue weighted by Crippen LogP contribution is -2.36. The van der Waals surface area contributed by atoms with E-state index in [1.54, 1.807) is 24.0 Å². The van der Waals surface area contributed by atoms with Gasteiger partial charge in [0.15, 0.2) is 0 Å². The molecule has 5 heteroatoms. The molecule has 0 radical (unpaired) electrons. The summed E-state index contributed by atoms with van der Waals surface area (Å²) in [7, 11) is 1.77. The van der Waals surface area contributed by atoms with Crippen molar-refractivity contribution in [2.75, 3.05) is 6.54 Å². The number of amides is 1. The molecule has 1 aromatic rings. The minimum atomic E-state index is -0.0517. The molecule has 94 valence electrons. The van der Waals surface area contributed by atoms with E-state index in [9.17, 15) is 4.79 Å². The van der Waals surface area contributed by atoms with Crippen LogP contribution in [0.4, 0.5) is 0 Å². The molecular weight excluding hydrogens is 216 g/mol. The van der Waals surface area contributed by atoms with Crippen LogP contribution in [0.5, 0.6) is 0 Å². The van der Waals surface area contributed by atoms with Gasteiger partial charge in [-0.1, -0.05) is 6.42 Å². The molecule has 1 amide bonds. The Morgan fingerprint density at radius 1 is 1.65 bits per heavy atom. The maximum Gasteiger partial charge on any atom is 0.269 e. The third-order valence-electron chi connectivity index (χ3n) is 3.43. The molecule has 0 saturated heterocycles. The Balaban J connectivity index is 1.82. The van der Waals surface area contributed by atoms with Gasteiger partial charge in [0.25, 0.3) is 5.91 Å². The summed E-state index contributed by atoms with van der Waals surface area (Å²) in [5.74, 6) is 0.472. The molecule has 17 heavy (non-hydrogen) atoms. The molecule has 0 aliphatic heterocycles. The van der Waals surface area contributed by atoms with Crippen molar-refractivity contribution in [3.63, 3.8) is 0 Å². The number of aryl methyl sites for hydroxylation is 1. The molecule has 2 rings (SSSR count). The van der Waals surface area contributed by atoms with Gasteiger partial charge in [-0.15, -0.1) is 0 Å². The zero-order valence-electron chi connectivity index (χ0n) is 10.2. The fourth-order valence-corrected chi connectivity index (χ4v) is 2.44. The first-order valence-electron chi connectivity index (χ1n) is 6.18. The smallest absolute Gasteiger partial charge is 0.269 e. The molecule has 1 aromatic heterocycles. The van der Waals surface area contributed by atoms with Crippen LogP contribution in [-0.4, -0.2) is 28.3 Å². The van der Waals surface area contributed by atoms with Crippen molar-refractivity contribution < 1.29 is 4.79 Å². The number of aromatic nitrogens is 2. The standard InChI is InChI=1S/C12H20N4O/c1-16-11(5-6-15-16)12(17)14-8-9-3-2-4-10(13)7-9/h5-6,9-10H,2-4,7-8,13H2,1H3,(H,14,17). The molecule has 1 heterocycles. The first kappa shape index (κ1) is 12.1. The van der Waals surface area contributed by atoms with E-state index in [0.717, 1.165) is 19.4 Å². The van der Waals surface area contributed by atoms with Crippen molar-refractivity contribution in [2.24, 2.45) is 18.7 Å². The quantitative estimate of drug-likeness (QED) is 0.810. The molecule has 0 aromatic carbocycles. The van der Waals surface area contributed by atoms with Gasteiger partial charge in [0.05, 0.1) is 0 Å². The second-order valence-electron chi connectivity index (χ2n) is 4.84. The summed E-state index contributed by atoms with van der Waals surface area (Å²) in [5.41, 5.74) is 6.53. The Hall–Kier alpha value is -1.36. The van der Waals surface area contributed by atoms with Crippen molar-refractivity contribution >= 4 is 5.91 Å². The molecule has 2 unspecified atom stereocenters. The number of hydrogen-bond donors (Lipinski definition) is 2. The summed E-state index contributed by atoms with van der Waals surface area (Å²) in [5, 5.41) is 6.94. The summed E-state index contributed by atoms with van der Waals surface area (Å²) in [6.07, 6.45) is 6.11. The average Bonchev–Trinajstić information content (AvgIpc) is 2.72. The predicted octanol–water partition coefficient (Wildman–Crippen LogP) is 0.667. The number of nitrogens with one attached hydrogen (secondary N) is 1. The van der Waals surface area contributed by atoms with Gasteiger partial charge in [-0.2, -0.15) is 5.10 Å². The van der Waals surface area contributed by atoms with E-state index in [1.165, 1.54) is 12.8 Å². The number of nitrogens with zero attached hydrogens (tertiary/aromatic N) is 2. The van der Waals surface area contributed by atoms with Gasteiger partial charge >= 0.3 is 0 Å². The highest BCUT2D eigenvalue weighted by Crippen LogP contribution is 2.22. The molecular formula is C12H20N4O. The van der Waals surface area contributed by atoms with Gasteiger partial charge in [0.2, 0.25) is 0 Å². The van der Waals surface area contributed by atoms with Gasteiger partial charge in [-0.25, -0.2) is 0 Å². The Labute approximate surface area is 101 Å². The molecule has 1 aliphatic carbocycles. The van der Waals surface area contributed by atoms with Crippen molar-refractivity contribution in [1.29, 1.82) is 0 Å². The highest BCUT2D eigenvalue weighted by molar-refractivity contribution is 5.92. The van der Waals surface area contributed by atoms with Crippen LogP contribution in [0.2, 0.25) is 0 Å². The number of nitrogens with two attached hydrogens (primary N) is 1. The van der Waals surface area contributed by atoms with Crippen LogP contribution in [0.1, 0.15) is 36.2 Å². The highest BCUT2D eigenvalue weighted by Gasteiger charge is 2.20. The summed E-state index contributed by atoms with van der Waals surface area (Å²) in [6, 6.07) is 2.03. The molecule has 0 bridgehead atoms. The van der Waals surface area contributed by atoms with Crippen LogP contribution in [0, 0.1) is 5.92 Å². The number of carbonyl (C=O) groups is 1. The fraction of sp³-hybridized carbons (Fsp3) is 0.667. The van der Waals surface area contributed by atoms with Crippen LogP contribution in [-0.2, 0) is 7.05 Å². The maximum absolute atomic E-state index is 11.8. The van der Waals surface area contributed by atoms with E-state index in [4.69, 9.17) is 5.73 Å². The second-order valence-corrected chi connectivity index (χ2v) is 4.84. The molecule has 1 fully saturated rings. The van der Waals surface area contributed by atoms with Gasteiger partial charge in [-0.3, -0.25) is 9.48 Å². The van der Waals surface area contributed by atoms with Crippen molar-refractivity contribution in [3.05, 3.63) is 18.0 Å². The second kappa shape index (κ2) is 5.31. The van der Waals surface area contributed by atoms with Crippen LogP contribution >= 0.6 is 0 Å². The van der Waals surface area contributed by atoms with Crippen molar-refractivity contribution in [3.8, 4) is 0 Å². The molecule has 1 aliphatic rings. The van der Waals surface area contributed by atoms with Crippen LogP contribution in [0.15, 0.2) is 12.3 Å². The first-order chi connectivity index (χ1) is 8.16. The van der Waals surface area contributed by atoms with E-state index < -0.39 is 0 Å². The molecule has 5 nitrogen and oxygen atoms in total. The monoisotopic (exact) mass is 236 g/mol. The van der Waals surface area contributed by atoms with Gasteiger partial charge in [0, 0.05) is 25.8 Å². The lowest BCUT2D eigenvalue weighted by molar-refractivity contribution is 0.0933. The van der Waals surface area contributed by atoms with E-state index in [2.05, 4.69) is 10.4 Å². The van der Waals surface area contributed by atoms with Gasteiger partial charge in [0.1, 0.15) is 5.69 Å². The van der Waals surface area contributed by atoms with Crippen LogP contribution < -0.4 is 11.1 Å². The predicted molar refractivity (Wildman–Crippen MR) is 65.5 cm³/mol. The summed E-state index contributed by atoms with van der Waals surface area (Å²) in [6.45, 7) is 0.720. The molecule has 2 atom stereocenters. The largest absolute Gasteiger partial charge is 0.350 e. The minimum absolute atomic E-state index is 0.0517. The van der Waals surface area contributed by atoms with Crippen molar-refractivity contribution in [2.45, 2.75) is 31.7 Å². The maximum atomic E-state index is 11.8. The average molecular weight is 236 g/mol. The summed E-state index contributed by atoms with van der Waals surface area (Å²) in [4.78, 5) is 11.8. The Morgan fingerprint density at radius 2 is 2.47 bits per heavy atom. The van der Waals surface area contributed by atoms with Crippen molar-refractivity contribution in [1.82, 2.24) is 15.1 Å². The zero-order valence-corrected chi connectivity index (χ0v) is 10.2. The number of hydrogen-bond acceptors (Lipinski definition) is 3. The minimum Gasteiger partial charge on any atom is -0.350 e. The molecule has 3 N–H and O–H groups in total. The number of carbonyl (C=O) groups excluding carboxylic acids is 1. The molecule has 1 saturated carbocycles. The third kappa shape index (κ3) is 3.06. The summed E-state index contributed by atoms with van der Waals surface area (Å²) >= 11 is 0. The Kier molecular flexibility index (Phi) is 3.78. The van der Waals surface area contributed by atoms with Gasteiger partial charge in [-0.05, 0) is 31.2 Å². The van der Waals surface area contributed by atoms with E-state index in [0.29, 0.717) is 17.7 Å². The first-order valence-corrected chi connectivity index (χ1v) is 6.18. The van der Waals surface area contributed by atoms with Gasteiger partial charge < -0.3 is 11.1 Å². The number of rotatable bonds is 3. The van der Waals surface area contributed by atoms with Crippen LogP contribution in [0.25, 0.3) is 0 Å². The van der Waals surface area contributed by atoms with E-state index in [1.807, 2.05) is 0 Å². The molecule has 0 spiro atoms. The zero-order chi connectivity index (χ0) is 12.3. The van der Waals surface area contributed by atoms with E-state index in [-0.39, 0.29) is 5.91 Å². The lowest BCUT2D eigenvalue weighted by atomic mass is 9.86.